The van der Waals surface area contributed by atoms with Gasteiger partial charge in [0.1, 0.15) is 0 Å². The third-order valence-corrected chi connectivity index (χ3v) is 6.80. The van der Waals surface area contributed by atoms with E-state index in [0.717, 1.165) is 16.8 Å². The molecule has 1 aliphatic heterocycles. The number of guanidine groups is 1. The molecule has 1 heterocycles. The lowest BCUT2D eigenvalue weighted by atomic mass is 9.86. The van der Waals surface area contributed by atoms with Crippen molar-refractivity contribution in [3.8, 4) is 0 Å². The van der Waals surface area contributed by atoms with E-state index in [2.05, 4.69) is 21.5 Å². The minimum atomic E-state index is -4.01. The highest BCUT2D eigenvalue weighted by Gasteiger charge is 2.29. The van der Waals surface area contributed by atoms with E-state index in [1.165, 1.54) is 17.1 Å². The van der Waals surface area contributed by atoms with Crippen molar-refractivity contribution in [3.05, 3.63) is 101 Å². The number of hydrogen-bond donors (Lipinski definition) is 1. The van der Waals surface area contributed by atoms with E-state index in [9.17, 15) is 8.42 Å². The van der Waals surface area contributed by atoms with Gasteiger partial charge >= 0.3 is 0 Å². The average Bonchev–Trinajstić information content (AvgIpc) is 2.84. The lowest BCUT2D eigenvalue weighted by molar-refractivity contribution is 0.400. The fraction of sp³-hybridized carbons (Fsp3) is 0.160. The maximum absolute atomic E-state index is 13.0. The van der Waals surface area contributed by atoms with Crippen LogP contribution in [0.2, 0.25) is 5.02 Å². The van der Waals surface area contributed by atoms with E-state index in [1.54, 1.807) is 37.3 Å². The number of hydrazone groups is 1. The SMILES string of the molecule is C/C(N)=N\C(=N\S(=O)(=O)c1ccccc1)N1CCC(c2ccccc2)C(c2ccc(Cl)cc2)=N1. The summed E-state index contributed by atoms with van der Waals surface area (Å²) in [5.74, 6) is 0.103. The molecule has 0 aromatic heterocycles. The molecule has 1 aliphatic rings. The molecule has 0 amide bonds. The number of aliphatic imine (C=N–C) groups is 1. The van der Waals surface area contributed by atoms with Gasteiger partial charge in [-0.15, -0.1) is 4.40 Å². The largest absolute Gasteiger partial charge is 0.387 e. The molecule has 2 N–H and O–H groups in total. The first-order chi connectivity index (χ1) is 16.3. The molecule has 0 saturated heterocycles. The first-order valence-electron chi connectivity index (χ1n) is 10.7. The van der Waals surface area contributed by atoms with Gasteiger partial charge in [0.05, 0.1) is 16.4 Å². The number of hydrogen-bond acceptors (Lipinski definition) is 3. The van der Waals surface area contributed by atoms with Gasteiger partial charge in [-0.1, -0.05) is 72.3 Å². The van der Waals surface area contributed by atoms with Crippen LogP contribution < -0.4 is 5.73 Å². The summed E-state index contributed by atoms with van der Waals surface area (Å²) in [6.45, 7) is 1.99. The van der Waals surface area contributed by atoms with Crippen LogP contribution in [0.3, 0.4) is 0 Å². The highest BCUT2D eigenvalue weighted by atomic mass is 35.5. The van der Waals surface area contributed by atoms with Crippen LogP contribution in [0.1, 0.15) is 30.4 Å². The van der Waals surface area contributed by atoms with Crippen LogP contribution in [0.5, 0.6) is 0 Å². The van der Waals surface area contributed by atoms with Crippen molar-refractivity contribution in [1.29, 1.82) is 0 Å². The summed E-state index contributed by atoms with van der Waals surface area (Å²) in [4.78, 5) is 4.28. The van der Waals surface area contributed by atoms with E-state index in [1.807, 2.05) is 30.3 Å². The van der Waals surface area contributed by atoms with Gasteiger partial charge in [0.2, 0.25) is 0 Å². The zero-order valence-electron chi connectivity index (χ0n) is 18.5. The Morgan fingerprint density at radius 3 is 2.24 bits per heavy atom. The van der Waals surface area contributed by atoms with Crippen molar-refractivity contribution in [2.24, 2.45) is 20.2 Å². The first-order valence-corrected chi connectivity index (χ1v) is 12.5. The highest BCUT2D eigenvalue weighted by molar-refractivity contribution is 7.90. The Kier molecular flexibility index (Phi) is 7.09. The molecule has 9 heteroatoms. The summed E-state index contributed by atoms with van der Waals surface area (Å²) < 4.78 is 29.9. The van der Waals surface area contributed by atoms with E-state index < -0.39 is 10.0 Å². The number of halogens is 1. The van der Waals surface area contributed by atoms with Gasteiger partial charge in [-0.05, 0) is 48.7 Å². The van der Waals surface area contributed by atoms with Gasteiger partial charge in [0.15, 0.2) is 0 Å². The van der Waals surface area contributed by atoms with Crippen molar-refractivity contribution in [3.63, 3.8) is 0 Å². The molecule has 174 valence electrons. The van der Waals surface area contributed by atoms with E-state index in [0.29, 0.717) is 18.0 Å². The minimum Gasteiger partial charge on any atom is -0.387 e. The molecule has 0 fully saturated rings. The van der Waals surface area contributed by atoms with E-state index >= 15 is 0 Å². The second kappa shape index (κ2) is 10.2. The summed E-state index contributed by atoms with van der Waals surface area (Å²) in [6.07, 6.45) is 0.676. The maximum Gasteiger partial charge on any atom is 0.285 e. The molecule has 7 nitrogen and oxygen atoms in total. The zero-order valence-corrected chi connectivity index (χ0v) is 20.1. The van der Waals surface area contributed by atoms with Crippen molar-refractivity contribution in [2.45, 2.75) is 24.2 Å². The van der Waals surface area contributed by atoms with Crippen LogP contribution in [0.15, 0.2) is 104 Å². The van der Waals surface area contributed by atoms with Crippen molar-refractivity contribution in [2.75, 3.05) is 6.54 Å². The Morgan fingerprint density at radius 1 is 1.00 bits per heavy atom. The van der Waals surface area contributed by atoms with Gasteiger partial charge in [0, 0.05) is 17.5 Å². The fourth-order valence-corrected chi connectivity index (χ4v) is 4.79. The third kappa shape index (κ3) is 5.52. The maximum atomic E-state index is 13.0. The minimum absolute atomic E-state index is 0.00793. The number of nitrogens with zero attached hydrogens (tertiary/aromatic N) is 4. The zero-order chi connectivity index (χ0) is 24.1. The second-order valence-electron chi connectivity index (χ2n) is 7.80. The summed E-state index contributed by atoms with van der Waals surface area (Å²) in [7, 11) is -4.01. The van der Waals surface area contributed by atoms with E-state index in [4.69, 9.17) is 22.4 Å². The van der Waals surface area contributed by atoms with Crippen LogP contribution >= 0.6 is 11.6 Å². The summed E-state index contributed by atoms with van der Waals surface area (Å²) in [6, 6.07) is 25.5. The predicted molar refractivity (Wildman–Crippen MR) is 137 cm³/mol. The van der Waals surface area contributed by atoms with Crippen molar-refractivity contribution < 1.29 is 8.42 Å². The molecule has 34 heavy (non-hydrogen) atoms. The molecule has 0 radical (unpaired) electrons. The van der Waals surface area contributed by atoms with Crippen molar-refractivity contribution in [1.82, 2.24) is 5.01 Å². The molecular formula is C25H24ClN5O2S. The molecule has 4 rings (SSSR count). The predicted octanol–water partition coefficient (Wildman–Crippen LogP) is 4.66. The normalized spacial score (nSPS) is 17.4. The van der Waals surface area contributed by atoms with Crippen LogP contribution in [0.4, 0.5) is 0 Å². The summed E-state index contributed by atoms with van der Waals surface area (Å²) in [5, 5.41) is 6.94. The summed E-state index contributed by atoms with van der Waals surface area (Å²) in [5.41, 5.74) is 8.58. The molecule has 0 saturated carbocycles. The molecule has 0 aliphatic carbocycles. The van der Waals surface area contributed by atoms with Crippen LogP contribution in [-0.4, -0.2) is 37.5 Å². The molecule has 0 spiro atoms. The van der Waals surface area contributed by atoms with Gasteiger partial charge in [0.25, 0.3) is 16.0 Å². The molecule has 1 atom stereocenters. The third-order valence-electron chi connectivity index (χ3n) is 5.28. The molecule has 1 unspecified atom stereocenters. The molecule has 3 aromatic carbocycles. The molecule has 3 aromatic rings. The van der Waals surface area contributed by atoms with Crippen LogP contribution in [-0.2, 0) is 10.0 Å². The standard InChI is InChI=1S/C25H24ClN5O2S/c1-18(27)28-25(30-34(32,33)22-10-6-3-7-11-22)31-17-16-23(19-8-4-2-5-9-19)24(29-31)20-12-14-21(26)15-13-20/h2-15,23H,16-17H2,1H3,(H2,27,28,30). The number of sulfonamides is 1. The Bertz CT molecular complexity index is 1340. The number of nitrogens with two attached hydrogens (primary N) is 1. The Labute approximate surface area is 204 Å². The first kappa shape index (κ1) is 23.7. The Hall–Kier alpha value is -3.49. The highest BCUT2D eigenvalue weighted by Crippen LogP contribution is 2.30. The van der Waals surface area contributed by atoms with Gasteiger partial charge in [-0.3, -0.25) is 0 Å². The smallest absolute Gasteiger partial charge is 0.285 e. The molecule has 0 bridgehead atoms. The monoisotopic (exact) mass is 493 g/mol. The van der Waals surface area contributed by atoms with E-state index in [-0.39, 0.29) is 22.6 Å². The average molecular weight is 494 g/mol. The van der Waals surface area contributed by atoms with Gasteiger partial charge in [-0.2, -0.15) is 18.5 Å². The van der Waals surface area contributed by atoms with Gasteiger partial charge in [-0.25, -0.2) is 5.01 Å². The topological polar surface area (TPSA) is 100 Å². The van der Waals surface area contributed by atoms with Crippen molar-refractivity contribution >= 4 is 39.1 Å². The number of rotatable bonds is 4. The number of amidine groups is 1. The van der Waals surface area contributed by atoms with Crippen LogP contribution in [0, 0.1) is 0 Å². The Morgan fingerprint density at radius 2 is 1.62 bits per heavy atom. The lowest BCUT2D eigenvalue weighted by Crippen LogP contribution is -2.36. The molecular weight excluding hydrogens is 470 g/mol. The van der Waals surface area contributed by atoms with Crippen LogP contribution in [0.25, 0.3) is 0 Å². The lowest BCUT2D eigenvalue weighted by Gasteiger charge is -2.30. The summed E-state index contributed by atoms with van der Waals surface area (Å²) >= 11 is 6.10. The second-order valence-corrected chi connectivity index (χ2v) is 9.84. The van der Waals surface area contributed by atoms with Gasteiger partial charge < -0.3 is 5.73 Å². The Balaban J connectivity index is 1.81. The fourth-order valence-electron chi connectivity index (χ4n) is 3.71. The number of benzene rings is 3. The quantitative estimate of drug-likeness (QED) is 0.422.